The zero-order valence-corrected chi connectivity index (χ0v) is 11.3. The maximum Gasteiger partial charge on any atom is 0.407 e. The lowest BCUT2D eigenvalue weighted by Gasteiger charge is -2.19. The van der Waals surface area contributed by atoms with Crippen molar-refractivity contribution in [3.8, 4) is 0 Å². The van der Waals surface area contributed by atoms with Crippen LogP contribution in [0.3, 0.4) is 0 Å². The van der Waals surface area contributed by atoms with Crippen LogP contribution >= 0.6 is 0 Å². The zero-order chi connectivity index (χ0) is 14.5. The Kier molecular flexibility index (Phi) is 4.88. The first-order chi connectivity index (χ1) is 8.81. The summed E-state index contributed by atoms with van der Waals surface area (Å²) in [7, 11) is 0. The Morgan fingerprint density at radius 1 is 1.21 bits per heavy atom. The van der Waals surface area contributed by atoms with Gasteiger partial charge in [-0.15, -0.1) is 0 Å². The summed E-state index contributed by atoms with van der Waals surface area (Å²) >= 11 is 0. The van der Waals surface area contributed by atoms with E-state index in [1.54, 1.807) is 24.3 Å². The molecule has 0 radical (unpaired) electrons. The fourth-order valence-electron chi connectivity index (χ4n) is 1.33. The fourth-order valence-corrected chi connectivity index (χ4v) is 1.33. The summed E-state index contributed by atoms with van der Waals surface area (Å²) < 4.78 is 5.06. The molecule has 1 aromatic carbocycles. The molecule has 0 atom stereocenters. The molecule has 104 valence electrons. The Labute approximate surface area is 112 Å². The van der Waals surface area contributed by atoms with Gasteiger partial charge in [-0.3, -0.25) is 10.2 Å². The zero-order valence-electron chi connectivity index (χ0n) is 11.3. The molecule has 0 aliphatic rings. The molecule has 2 amide bonds. The number of nitrogen functional groups attached to an aromatic ring is 1. The van der Waals surface area contributed by atoms with E-state index >= 15 is 0 Å². The monoisotopic (exact) mass is 265 g/mol. The standard InChI is InChI=1S/C13H19N3O3/c1-13(2,3)15-12(18)19-8-9-4-6-10(7-5-9)11(17)16-14/h4-7H,8,14H2,1-3H3,(H,15,18)(H,16,17). The summed E-state index contributed by atoms with van der Waals surface area (Å²) in [5.41, 5.74) is 2.95. The van der Waals surface area contributed by atoms with Gasteiger partial charge in [0.1, 0.15) is 6.61 Å². The van der Waals surface area contributed by atoms with Gasteiger partial charge in [-0.05, 0) is 38.5 Å². The Hall–Kier alpha value is -2.08. The fraction of sp³-hybridized carbons (Fsp3) is 0.385. The molecular weight excluding hydrogens is 246 g/mol. The molecule has 0 heterocycles. The van der Waals surface area contributed by atoms with Crippen molar-refractivity contribution in [2.75, 3.05) is 0 Å². The Bertz CT molecular complexity index is 449. The second-order valence-electron chi connectivity index (χ2n) is 5.12. The Balaban J connectivity index is 2.50. The SMILES string of the molecule is CC(C)(C)NC(=O)OCc1ccc(C(=O)NN)cc1. The predicted octanol–water partition coefficient (Wildman–Crippen LogP) is 1.31. The minimum absolute atomic E-state index is 0.145. The molecule has 0 unspecified atom stereocenters. The normalized spacial score (nSPS) is 10.7. The van der Waals surface area contributed by atoms with Crippen molar-refractivity contribution < 1.29 is 14.3 Å². The van der Waals surface area contributed by atoms with Crippen LogP contribution in [0.1, 0.15) is 36.7 Å². The smallest absolute Gasteiger partial charge is 0.407 e. The predicted molar refractivity (Wildman–Crippen MR) is 71.2 cm³/mol. The lowest BCUT2D eigenvalue weighted by Crippen LogP contribution is -2.40. The second-order valence-corrected chi connectivity index (χ2v) is 5.12. The minimum atomic E-state index is -0.476. The van der Waals surface area contributed by atoms with Gasteiger partial charge in [0.25, 0.3) is 5.91 Å². The lowest BCUT2D eigenvalue weighted by molar-refractivity contribution is 0.0953. The van der Waals surface area contributed by atoms with Crippen molar-refractivity contribution in [2.24, 2.45) is 5.84 Å². The second kappa shape index (κ2) is 6.19. The van der Waals surface area contributed by atoms with Crippen LogP contribution in [0.5, 0.6) is 0 Å². The molecule has 4 N–H and O–H groups in total. The lowest BCUT2D eigenvalue weighted by atomic mass is 10.1. The van der Waals surface area contributed by atoms with Crippen molar-refractivity contribution in [1.29, 1.82) is 0 Å². The summed E-state index contributed by atoms with van der Waals surface area (Å²) in [6, 6.07) is 6.63. The molecule has 0 saturated carbocycles. The molecule has 1 aromatic rings. The molecule has 0 aromatic heterocycles. The van der Waals surface area contributed by atoms with Crippen LogP contribution in [0.4, 0.5) is 4.79 Å². The van der Waals surface area contributed by atoms with Crippen molar-refractivity contribution in [2.45, 2.75) is 32.9 Å². The number of hydrogen-bond acceptors (Lipinski definition) is 4. The van der Waals surface area contributed by atoms with E-state index in [0.717, 1.165) is 5.56 Å². The van der Waals surface area contributed by atoms with E-state index in [1.807, 2.05) is 26.2 Å². The van der Waals surface area contributed by atoms with Gasteiger partial charge >= 0.3 is 6.09 Å². The van der Waals surface area contributed by atoms with Gasteiger partial charge in [0.05, 0.1) is 0 Å². The quantitative estimate of drug-likeness (QED) is 0.436. The number of carbonyl (C=O) groups is 2. The van der Waals surface area contributed by atoms with E-state index < -0.39 is 6.09 Å². The molecule has 0 bridgehead atoms. The van der Waals surface area contributed by atoms with Crippen molar-refractivity contribution >= 4 is 12.0 Å². The van der Waals surface area contributed by atoms with Gasteiger partial charge in [-0.25, -0.2) is 10.6 Å². The van der Waals surface area contributed by atoms with Crippen LogP contribution in [0.15, 0.2) is 24.3 Å². The van der Waals surface area contributed by atoms with Gasteiger partial charge in [-0.2, -0.15) is 0 Å². The molecule has 0 aliphatic heterocycles. The number of ether oxygens (including phenoxy) is 1. The largest absolute Gasteiger partial charge is 0.445 e. The number of rotatable bonds is 3. The molecule has 19 heavy (non-hydrogen) atoms. The van der Waals surface area contributed by atoms with Crippen molar-refractivity contribution in [1.82, 2.24) is 10.7 Å². The number of hydrogen-bond donors (Lipinski definition) is 3. The van der Waals surface area contributed by atoms with Gasteiger partial charge in [0.2, 0.25) is 0 Å². The highest BCUT2D eigenvalue weighted by atomic mass is 16.5. The molecule has 0 fully saturated rings. The third kappa shape index (κ3) is 5.39. The van der Waals surface area contributed by atoms with Crippen molar-refractivity contribution in [3.05, 3.63) is 35.4 Å². The Morgan fingerprint density at radius 3 is 2.26 bits per heavy atom. The van der Waals surface area contributed by atoms with E-state index in [2.05, 4.69) is 5.32 Å². The van der Waals surface area contributed by atoms with E-state index in [1.165, 1.54) is 0 Å². The van der Waals surface area contributed by atoms with E-state index in [9.17, 15) is 9.59 Å². The van der Waals surface area contributed by atoms with Gasteiger partial charge in [0.15, 0.2) is 0 Å². The molecular formula is C13H19N3O3. The van der Waals surface area contributed by atoms with Crippen LogP contribution < -0.4 is 16.6 Å². The maximum absolute atomic E-state index is 11.4. The van der Waals surface area contributed by atoms with Crippen molar-refractivity contribution in [3.63, 3.8) is 0 Å². The summed E-state index contributed by atoms with van der Waals surface area (Å²) in [6.07, 6.45) is -0.476. The van der Waals surface area contributed by atoms with E-state index in [-0.39, 0.29) is 18.1 Å². The Morgan fingerprint density at radius 2 is 1.79 bits per heavy atom. The number of nitrogens with one attached hydrogen (secondary N) is 2. The number of benzene rings is 1. The molecule has 6 nitrogen and oxygen atoms in total. The first-order valence-corrected chi connectivity index (χ1v) is 5.86. The summed E-state index contributed by atoms with van der Waals surface area (Å²) in [6.45, 7) is 5.75. The molecule has 6 heteroatoms. The number of hydrazine groups is 1. The minimum Gasteiger partial charge on any atom is -0.445 e. The number of amides is 2. The topological polar surface area (TPSA) is 93.4 Å². The first kappa shape index (κ1) is 15.0. The summed E-state index contributed by atoms with van der Waals surface area (Å²) in [5.74, 6) is 4.66. The average Bonchev–Trinajstić information content (AvgIpc) is 2.34. The highest BCUT2D eigenvalue weighted by molar-refractivity contribution is 5.93. The maximum atomic E-state index is 11.4. The summed E-state index contributed by atoms with van der Waals surface area (Å²) in [4.78, 5) is 22.7. The van der Waals surface area contributed by atoms with Crippen LogP contribution in [-0.4, -0.2) is 17.5 Å². The summed E-state index contributed by atoms with van der Waals surface area (Å²) in [5, 5.41) is 2.69. The molecule has 0 aliphatic carbocycles. The highest BCUT2D eigenvalue weighted by Crippen LogP contribution is 2.06. The number of carbonyl (C=O) groups excluding carboxylic acids is 2. The van der Waals surface area contributed by atoms with Crippen LogP contribution in [0, 0.1) is 0 Å². The average molecular weight is 265 g/mol. The molecule has 1 rings (SSSR count). The van der Waals surface area contributed by atoms with Gasteiger partial charge in [-0.1, -0.05) is 12.1 Å². The molecule has 0 saturated heterocycles. The third-order valence-electron chi connectivity index (χ3n) is 2.19. The van der Waals surface area contributed by atoms with Gasteiger partial charge < -0.3 is 10.1 Å². The third-order valence-corrected chi connectivity index (χ3v) is 2.19. The highest BCUT2D eigenvalue weighted by Gasteiger charge is 2.14. The van der Waals surface area contributed by atoms with Crippen LogP contribution in [0.2, 0.25) is 0 Å². The first-order valence-electron chi connectivity index (χ1n) is 5.86. The van der Waals surface area contributed by atoms with Crippen LogP contribution in [0.25, 0.3) is 0 Å². The molecule has 0 spiro atoms. The van der Waals surface area contributed by atoms with Gasteiger partial charge in [0, 0.05) is 11.1 Å². The van der Waals surface area contributed by atoms with E-state index in [4.69, 9.17) is 10.6 Å². The van der Waals surface area contributed by atoms with Crippen LogP contribution in [-0.2, 0) is 11.3 Å². The van der Waals surface area contributed by atoms with E-state index in [0.29, 0.717) is 5.56 Å². The number of nitrogens with two attached hydrogens (primary N) is 1. The number of alkyl carbamates (subject to hydrolysis) is 1.